The Morgan fingerprint density at radius 2 is 2.38 bits per heavy atom. The summed E-state index contributed by atoms with van der Waals surface area (Å²) in [6.45, 7) is 3.07. The van der Waals surface area contributed by atoms with E-state index in [0.29, 0.717) is 35.3 Å². The van der Waals surface area contributed by atoms with Gasteiger partial charge in [-0.05, 0) is 25.1 Å². The number of hydrogen-bond donors (Lipinski definition) is 2. The van der Waals surface area contributed by atoms with Crippen molar-refractivity contribution in [2.24, 2.45) is 0 Å². The number of morpholine rings is 1. The first-order valence-electron chi connectivity index (χ1n) is 7.54. The number of benzene rings is 1. The molecule has 2 heterocycles. The molecule has 1 saturated heterocycles. The van der Waals surface area contributed by atoms with Crippen LogP contribution in [0, 0.1) is 5.82 Å². The summed E-state index contributed by atoms with van der Waals surface area (Å²) in [6, 6.07) is 3.81. The highest BCUT2D eigenvalue weighted by Crippen LogP contribution is 2.32. The van der Waals surface area contributed by atoms with Gasteiger partial charge in [0, 0.05) is 17.5 Å². The van der Waals surface area contributed by atoms with Gasteiger partial charge >= 0.3 is 0 Å². The molecule has 1 aliphatic rings. The molecule has 8 heteroatoms. The molecule has 2 aromatic rings. The standard InChI is InChI=1S/C16H18FN3O3S/c1-9-14(18-5-6-23-9)15(21)20-16-19-12(8-24-16)11-7-10(17)3-4-13(11)22-2/h3-4,7-9,14,18H,5-6H2,1-2H3,(H,19,20,21)/t9-,14+/m1/s1. The van der Waals surface area contributed by atoms with E-state index < -0.39 is 6.04 Å². The molecule has 6 nitrogen and oxygen atoms in total. The summed E-state index contributed by atoms with van der Waals surface area (Å²) in [5, 5.41) is 8.10. The number of rotatable bonds is 4. The van der Waals surface area contributed by atoms with Gasteiger partial charge in [-0.2, -0.15) is 0 Å². The molecule has 0 spiro atoms. The summed E-state index contributed by atoms with van der Waals surface area (Å²) in [5.41, 5.74) is 1.09. The minimum Gasteiger partial charge on any atom is -0.496 e. The molecule has 0 unspecified atom stereocenters. The molecule has 2 atom stereocenters. The zero-order valence-corrected chi connectivity index (χ0v) is 14.2. The minimum absolute atomic E-state index is 0.200. The van der Waals surface area contributed by atoms with Gasteiger partial charge in [0.2, 0.25) is 5.91 Å². The lowest BCUT2D eigenvalue weighted by molar-refractivity contribution is -0.123. The molecular formula is C16H18FN3O3S. The number of amides is 1. The monoisotopic (exact) mass is 351 g/mol. The fraction of sp³-hybridized carbons (Fsp3) is 0.375. The van der Waals surface area contributed by atoms with Gasteiger partial charge in [-0.15, -0.1) is 11.3 Å². The van der Waals surface area contributed by atoms with E-state index in [0.717, 1.165) is 0 Å². The van der Waals surface area contributed by atoms with Gasteiger partial charge in [0.1, 0.15) is 17.6 Å². The highest BCUT2D eigenvalue weighted by molar-refractivity contribution is 7.14. The van der Waals surface area contributed by atoms with Crippen LogP contribution in [0.3, 0.4) is 0 Å². The highest BCUT2D eigenvalue weighted by Gasteiger charge is 2.28. The van der Waals surface area contributed by atoms with E-state index in [2.05, 4.69) is 15.6 Å². The summed E-state index contributed by atoms with van der Waals surface area (Å²) in [4.78, 5) is 16.7. The second-order valence-corrected chi connectivity index (χ2v) is 6.24. The van der Waals surface area contributed by atoms with Crippen molar-refractivity contribution in [3.63, 3.8) is 0 Å². The van der Waals surface area contributed by atoms with Crippen molar-refractivity contribution >= 4 is 22.4 Å². The van der Waals surface area contributed by atoms with Gasteiger partial charge in [-0.3, -0.25) is 4.79 Å². The third-order valence-electron chi connectivity index (χ3n) is 3.77. The number of halogens is 1. The van der Waals surface area contributed by atoms with E-state index in [-0.39, 0.29) is 17.8 Å². The van der Waals surface area contributed by atoms with E-state index in [1.807, 2.05) is 6.92 Å². The van der Waals surface area contributed by atoms with E-state index in [4.69, 9.17) is 9.47 Å². The van der Waals surface area contributed by atoms with Crippen LogP contribution in [0.4, 0.5) is 9.52 Å². The fourth-order valence-corrected chi connectivity index (χ4v) is 3.26. The van der Waals surface area contributed by atoms with Gasteiger partial charge in [-0.25, -0.2) is 9.37 Å². The van der Waals surface area contributed by atoms with Gasteiger partial charge in [0.15, 0.2) is 5.13 Å². The zero-order valence-electron chi connectivity index (χ0n) is 13.3. The van der Waals surface area contributed by atoms with E-state index >= 15 is 0 Å². The molecule has 0 saturated carbocycles. The molecule has 1 fully saturated rings. The van der Waals surface area contributed by atoms with Crippen molar-refractivity contribution in [2.45, 2.75) is 19.1 Å². The van der Waals surface area contributed by atoms with Crippen LogP contribution in [0.15, 0.2) is 23.6 Å². The Balaban J connectivity index is 1.76. The Morgan fingerprint density at radius 1 is 1.54 bits per heavy atom. The summed E-state index contributed by atoms with van der Waals surface area (Å²) < 4.78 is 24.2. The van der Waals surface area contributed by atoms with Crippen LogP contribution in [-0.4, -0.2) is 43.3 Å². The number of ether oxygens (including phenoxy) is 2. The molecule has 0 aliphatic carbocycles. The van der Waals surface area contributed by atoms with Crippen molar-refractivity contribution in [3.8, 4) is 17.0 Å². The Kier molecular flexibility index (Phi) is 5.08. The molecule has 1 aromatic carbocycles. The van der Waals surface area contributed by atoms with Crippen molar-refractivity contribution in [1.82, 2.24) is 10.3 Å². The van der Waals surface area contributed by atoms with Crippen LogP contribution in [-0.2, 0) is 9.53 Å². The normalized spacial score (nSPS) is 20.6. The van der Waals surface area contributed by atoms with Gasteiger partial charge in [0.05, 0.1) is 25.5 Å². The maximum atomic E-state index is 13.5. The van der Waals surface area contributed by atoms with Crippen LogP contribution in [0.1, 0.15) is 6.92 Å². The first-order valence-corrected chi connectivity index (χ1v) is 8.41. The lowest BCUT2D eigenvalue weighted by Gasteiger charge is -2.28. The number of carbonyl (C=O) groups excluding carboxylic acids is 1. The van der Waals surface area contributed by atoms with Crippen LogP contribution >= 0.6 is 11.3 Å². The second-order valence-electron chi connectivity index (χ2n) is 5.38. The van der Waals surface area contributed by atoms with Gasteiger partial charge < -0.3 is 20.1 Å². The van der Waals surface area contributed by atoms with Crippen molar-refractivity contribution < 1.29 is 18.7 Å². The van der Waals surface area contributed by atoms with Crippen molar-refractivity contribution in [3.05, 3.63) is 29.4 Å². The van der Waals surface area contributed by atoms with Crippen LogP contribution in [0.25, 0.3) is 11.3 Å². The van der Waals surface area contributed by atoms with Crippen LogP contribution in [0.2, 0.25) is 0 Å². The average molecular weight is 351 g/mol. The molecule has 3 rings (SSSR count). The lowest BCUT2D eigenvalue weighted by atomic mass is 10.1. The third-order valence-corrected chi connectivity index (χ3v) is 4.53. The molecule has 0 radical (unpaired) electrons. The summed E-state index contributed by atoms with van der Waals surface area (Å²) in [7, 11) is 1.52. The number of hydrogen-bond acceptors (Lipinski definition) is 6. The molecule has 0 bridgehead atoms. The zero-order chi connectivity index (χ0) is 17.1. The van der Waals surface area contributed by atoms with Gasteiger partial charge in [-0.1, -0.05) is 0 Å². The van der Waals surface area contributed by atoms with Crippen LogP contribution in [0.5, 0.6) is 5.75 Å². The number of nitrogens with zero attached hydrogens (tertiary/aromatic N) is 1. The van der Waals surface area contributed by atoms with E-state index in [1.165, 1.54) is 30.6 Å². The Hall–Kier alpha value is -2.03. The average Bonchev–Trinajstić information content (AvgIpc) is 3.03. The minimum atomic E-state index is -0.421. The van der Waals surface area contributed by atoms with Crippen molar-refractivity contribution in [1.29, 1.82) is 0 Å². The second kappa shape index (κ2) is 7.25. The van der Waals surface area contributed by atoms with Crippen molar-refractivity contribution in [2.75, 3.05) is 25.6 Å². The number of aromatic nitrogens is 1. The van der Waals surface area contributed by atoms with E-state index in [1.54, 1.807) is 11.4 Å². The number of nitrogens with one attached hydrogen (secondary N) is 2. The Morgan fingerprint density at radius 3 is 3.12 bits per heavy atom. The number of thiazole rings is 1. The Labute approximate surface area is 143 Å². The molecular weight excluding hydrogens is 333 g/mol. The number of carbonyl (C=O) groups is 1. The molecule has 2 N–H and O–H groups in total. The number of methoxy groups -OCH3 is 1. The molecule has 1 aliphatic heterocycles. The lowest BCUT2D eigenvalue weighted by Crippen LogP contribution is -2.53. The fourth-order valence-electron chi connectivity index (χ4n) is 2.55. The molecule has 1 aromatic heterocycles. The van der Waals surface area contributed by atoms with E-state index in [9.17, 15) is 9.18 Å². The smallest absolute Gasteiger partial charge is 0.245 e. The first kappa shape index (κ1) is 16.8. The van der Waals surface area contributed by atoms with Gasteiger partial charge in [0.25, 0.3) is 0 Å². The third kappa shape index (κ3) is 3.55. The predicted octanol–water partition coefficient (Wildman–Crippen LogP) is 2.27. The predicted molar refractivity (Wildman–Crippen MR) is 89.9 cm³/mol. The quantitative estimate of drug-likeness (QED) is 0.884. The summed E-state index contributed by atoms with van der Waals surface area (Å²) in [5.74, 6) is -0.0494. The highest BCUT2D eigenvalue weighted by atomic mass is 32.1. The maximum absolute atomic E-state index is 13.5. The molecule has 1 amide bonds. The summed E-state index contributed by atoms with van der Waals surface area (Å²) >= 11 is 1.27. The topological polar surface area (TPSA) is 72.5 Å². The molecule has 24 heavy (non-hydrogen) atoms. The summed E-state index contributed by atoms with van der Waals surface area (Å²) in [6.07, 6.45) is -0.207. The van der Waals surface area contributed by atoms with Crippen LogP contribution < -0.4 is 15.4 Å². The molecule has 128 valence electrons. The largest absolute Gasteiger partial charge is 0.496 e. The first-order chi connectivity index (χ1) is 11.6. The maximum Gasteiger partial charge on any atom is 0.245 e. The Bertz CT molecular complexity index is 737. The SMILES string of the molecule is COc1ccc(F)cc1-c1csc(NC(=O)[C@H]2NCCO[C@@H]2C)n1. The number of anilines is 1.